The maximum atomic E-state index is 13.1. The number of carbonyl (C=O) groups is 1. The lowest BCUT2D eigenvalue weighted by atomic mass is 10.1. The van der Waals surface area contributed by atoms with Crippen LogP contribution < -0.4 is 14.9 Å². The van der Waals surface area contributed by atoms with Gasteiger partial charge in [0.25, 0.3) is 10.0 Å². The summed E-state index contributed by atoms with van der Waals surface area (Å²) in [5, 5.41) is 6.16. The van der Waals surface area contributed by atoms with E-state index in [1.807, 2.05) is 19.9 Å². The second-order valence-electron chi connectivity index (χ2n) is 7.48. The van der Waals surface area contributed by atoms with Crippen LogP contribution in [0.5, 0.6) is 0 Å². The van der Waals surface area contributed by atoms with Gasteiger partial charge in [0.1, 0.15) is 0 Å². The number of sulfonamides is 1. The van der Waals surface area contributed by atoms with Crippen LogP contribution in [0.2, 0.25) is 5.02 Å². The molecule has 0 unspecified atom stereocenters. The number of anilines is 3. The number of nitrogens with one attached hydrogen (secondary N) is 2. The number of rotatable bonds is 4. The van der Waals surface area contributed by atoms with Gasteiger partial charge < -0.3 is 10.6 Å². The molecule has 0 aromatic heterocycles. The van der Waals surface area contributed by atoms with Crippen molar-refractivity contribution in [1.29, 1.82) is 0 Å². The van der Waals surface area contributed by atoms with Gasteiger partial charge in [0.15, 0.2) is 0 Å². The molecule has 0 bridgehead atoms. The van der Waals surface area contributed by atoms with Gasteiger partial charge in [-0.3, -0.25) is 4.31 Å². The number of fused-ring (bicyclic) bond motifs is 1. The minimum absolute atomic E-state index is 0.268. The molecule has 8 heteroatoms. The highest BCUT2D eigenvalue weighted by molar-refractivity contribution is 7.92. The topological polar surface area (TPSA) is 78.5 Å². The van der Waals surface area contributed by atoms with E-state index in [9.17, 15) is 13.2 Å². The van der Waals surface area contributed by atoms with Gasteiger partial charge >= 0.3 is 6.03 Å². The first kappa shape index (κ1) is 21.2. The van der Waals surface area contributed by atoms with E-state index in [-0.39, 0.29) is 4.90 Å². The molecule has 0 atom stereocenters. The molecule has 2 N–H and O–H groups in total. The zero-order chi connectivity index (χ0) is 22.2. The fourth-order valence-electron chi connectivity index (χ4n) is 3.56. The summed E-state index contributed by atoms with van der Waals surface area (Å²) in [5.41, 5.74) is 4.50. The number of carbonyl (C=O) groups excluding carboxylic acids is 1. The SMILES string of the molecule is Cc1ccc(S(=O)(=O)N2CCc3cc(NC(=O)Nc4cccc(Cl)c4C)ccc32)cc1. The summed E-state index contributed by atoms with van der Waals surface area (Å²) in [6, 6.07) is 17.0. The minimum Gasteiger partial charge on any atom is -0.308 e. The van der Waals surface area contributed by atoms with E-state index in [4.69, 9.17) is 11.6 Å². The molecule has 0 spiro atoms. The van der Waals surface area contributed by atoms with Crippen molar-refractivity contribution in [3.63, 3.8) is 0 Å². The van der Waals surface area contributed by atoms with Crippen molar-refractivity contribution in [3.05, 3.63) is 82.4 Å². The predicted octanol–water partition coefficient (Wildman–Crippen LogP) is 5.35. The number of halogens is 1. The van der Waals surface area contributed by atoms with Crippen LogP contribution in [-0.2, 0) is 16.4 Å². The Labute approximate surface area is 186 Å². The Hall–Kier alpha value is -3.03. The Morgan fingerprint density at radius 2 is 1.74 bits per heavy atom. The number of amides is 2. The molecule has 3 aromatic carbocycles. The smallest absolute Gasteiger partial charge is 0.308 e. The van der Waals surface area contributed by atoms with Gasteiger partial charge in [-0.1, -0.05) is 35.4 Å². The lowest BCUT2D eigenvalue weighted by Crippen LogP contribution is -2.29. The van der Waals surface area contributed by atoms with Crippen LogP contribution in [-0.4, -0.2) is 21.0 Å². The monoisotopic (exact) mass is 455 g/mol. The van der Waals surface area contributed by atoms with Crippen LogP contribution in [0.3, 0.4) is 0 Å². The summed E-state index contributed by atoms with van der Waals surface area (Å²) in [4.78, 5) is 12.7. The summed E-state index contributed by atoms with van der Waals surface area (Å²) in [7, 11) is -3.63. The van der Waals surface area contributed by atoms with Crippen LogP contribution in [0.25, 0.3) is 0 Å². The molecule has 1 heterocycles. The van der Waals surface area contributed by atoms with Crippen LogP contribution in [0.1, 0.15) is 16.7 Å². The first-order valence-corrected chi connectivity index (χ1v) is 11.6. The Bertz CT molecular complexity index is 1260. The van der Waals surface area contributed by atoms with E-state index in [0.717, 1.165) is 16.7 Å². The Morgan fingerprint density at radius 1 is 1.00 bits per heavy atom. The van der Waals surface area contributed by atoms with Crippen molar-refractivity contribution in [2.45, 2.75) is 25.2 Å². The Kier molecular flexibility index (Phi) is 5.64. The second-order valence-corrected chi connectivity index (χ2v) is 9.74. The van der Waals surface area contributed by atoms with E-state index < -0.39 is 16.1 Å². The second kappa shape index (κ2) is 8.24. The van der Waals surface area contributed by atoms with Crippen LogP contribution >= 0.6 is 11.6 Å². The first-order valence-electron chi connectivity index (χ1n) is 9.81. The highest BCUT2D eigenvalue weighted by atomic mass is 35.5. The van der Waals surface area contributed by atoms with E-state index in [1.54, 1.807) is 54.6 Å². The van der Waals surface area contributed by atoms with Crippen LogP contribution in [0.15, 0.2) is 65.6 Å². The van der Waals surface area contributed by atoms with Crippen molar-refractivity contribution in [2.75, 3.05) is 21.5 Å². The number of aryl methyl sites for hydroxylation is 1. The molecular formula is C23H22ClN3O3S. The van der Waals surface area contributed by atoms with Crippen molar-refractivity contribution in [3.8, 4) is 0 Å². The van der Waals surface area contributed by atoms with Crippen LogP contribution in [0.4, 0.5) is 21.9 Å². The van der Waals surface area contributed by atoms with Gasteiger partial charge in [0.2, 0.25) is 0 Å². The molecule has 3 aromatic rings. The van der Waals surface area contributed by atoms with E-state index in [0.29, 0.717) is 35.1 Å². The highest BCUT2D eigenvalue weighted by Crippen LogP contribution is 2.35. The summed E-state index contributed by atoms with van der Waals surface area (Å²) in [6.45, 7) is 4.11. The van der Waals surface area contributed by atoms with Crippen molar-refractivity contribution < 1.29 is 13.2 Å². The van der Waals surface area contributed by atoms with Gasteiger partial charge in [-0.2, -0.15) is 0 Å². The normalized spacial score (nSPS) is 13.1. The van der Waals surface area contributed by atoms with Crippen molar-refractivity contribution >= 4 is 44.7 Å². The number of nitrogens with zero attached hydrogens (tertiary/aromatic N) is 1. The quantitative estimate of drug-likeness (QED) is 0.556. The lowest BCUT2D eigenvalue weighted by Gasteiger charge is -2.20. The average Bonchev–Trinajstić information content (AvgIpc) is 3.16. The fraction of sp³-hybridized carbons (Fsp3) is 0.174. The lowest BCUT2D eigenvalue weighted by molar-refractivity contribution is 0.262. The largest absolute Gasteiger partial charge is 0.323 e. The third kappa shape index (κ3) is 4.24. The third-order valence-corrected chi connectivity index (χ3v) is 7.55. The Balaban J connectivity index is 1.51. The van der Waals surface area contributed by atoms with Crippen molar-refractivity contribution in [2.24, 2.45) is 0 Å². The zero-order valence-corrected chi connectivity index (χ0v) is 18.7. The molecule has 1 aliphatic heterocycles. The maximum Gasteiger partial charge on any atom is 0.323 e. The summed E-state index contributed by atoms with van der Waals surface area (Å²) in [6.07, 6.45) is 0.574. The van der Waals surface area contributed by atoms with E-state index in [2.05, 4.69) is 10.6 Å². The molecule has 160 valence electrons. The molecule has 0 saturated carbocycles. The summed E-state index contributed by atoms with van der Waals surface area (Å²) >= 11 is 6.10. The van der Waals surface area contributed by atoms with E-state index in [1.165, 1.54) is 4.31 Å². The Morgan fingerprint density at radius 3 is 2.48 bits per heavy atom. The van der Waals surface area contributed by atoms with Gasteiger partial charge in [-0.05, 0) is 73.9 Å². The number of urea groups is 1. The van der Waals surface area contributed by atoms with Gasteiger partial charge in [0.05, 0.1) is 10.6 Å². The molecule has 2 amide bonds. The zero-order valence-electron chi connectivity index (χ0n) is 17.1. The van der Waals surface area contributed by atoms with Gasteiger partial charge in [-0.25, -0.2) is 13.2 Å². The predicted molar refractivity (Wildman–Crippen MR) is 125 cm³/mol. The maximum absolute atomic E-state index is 13.1. The summed E-state index contributed by atoms with van der Waals surface area (Å²) < 4.78 is 27.6. The molecule has 0 saturated heterocycles. The first-order chi connectivity index (χ1) is 14.8. The number of benzene rings is 3. The molecule has 31 heavy (non-hydrogen) atoms. The molecule has 0 aliphatic carbocycles. The molecule has 0 radical (unpaired) electrons. The standard InChI is InChI=1S/C23H22ClN3O3S/c1-15-6-9-19(10-7-15)31(29,30)27-13-12-17-14-18(8-11-22(17)27)25-23(28)26-21-5-3-4-20(24)16(21)2/h3-11,14H,12-13H2,1-2H3,(H2,25,26,28). The average molecular weight is 456 g/mol. The molecular weight excluding hydrogens is 434 g/mol. The highest BCUT2D eigenvalue weighted by Gasteiger charge is 2.31. The fourth-order valence-corrected chi connectivity index (χ4v) is 5.24. The minimum atomic E-state index is -3.63. The molecule has 0 fully saturated rings. The van der Waals surface area contributed by atoms with Gasteiger partial charge in [0, 0.05) is 22.9 Å². The van der Waals surface area contributed by atoms with Crippen LogP contribution in [0, 0.1) is 13.8 Å². The molecule has 4 rings (SSSR count). The molecule has 1 aliphatic rings. The molecule has 6 nitrogen and oxygen atoms in total. The van der Waals surface area contributed by atoms with Gasteiger partial charge in [-0.15, -0.1) is 0 Å². The number of hydrogen-bond acceptors (Lipinski definition) is 3. The summed E-state index contributed by atoms with van der Waals surface area (Å²) in [5.74, 6) is 0. The van der Waals surface area contributed by atoms with E-state index >= 15 is 0 Å². The third-order valence-electron chi connectivity index (χ3n) is 5.32. The number of hydrogen-bond donors (Lipinski definition) is 2. The van der Waals surface area contributed by atoms with Crippen molar-refractivity contribution in [1.82, 2.24) is 0 Å².